The number of aromatic carboxylic acids is 1. The molecule has 0 aromatic heterocycles. The fraction of sp³-hybridized carbons (Fsp3) is 0.125. The minimum atomic E-state index is -1.42. The van der Waals surface area contributed by atoms with Crippen LogP contribution < -0.4 is 0 Å². The highest BCUT2D eigenvalue weighted by Gasteiger charge is 2.36. The van der Waals surface area contributed by atoms with Crippen molar-refractivity contribution in [3.63, 3.8) is 0 Å². The largest absolute Gasteiger partial charge is 0.478 e. The number of nitrogens with zero attached hydrogens (tertiary/aromatic N) is 2. The van der Waals surface area contributed by atoms with Crippen molar-refractivity contribution in [2.24, 2.45) is 0 Å². The zero-order valence-corrected chi connectivity index (χ0v) is 32.5. The van der Waals surface area contributed by atoms with Crippen LogP contribution in [-0.4, -0.2) is 66.2 Å². The first kappa shape index (κ1) is 43.0. The van der Waals surface area contributed by atoms with E-state index in [0.717, 1.165) is 11.1 Å². The lowest BCUT2D eigenvalue weighted by atomic mass is 9.80. The highest BCUT2D eigenvalue weighted by Crippen LogP contribution is 2.38. The Hall–Kier alpha value is -7.58. The number of hydrogen-bond acceptors (Lipinski definition) is 10. The fourth-order valence-electron chi connectivity index (χ4n) is 6.78. The van der Waals surface area contributed by atoms with Gasteiger partial charge in [0.05, 0.1) is 11.1 Å². The van der Waals surface area contributed by atoms with E-state index in [0.29, 0.717) is 27.3 Å². The maximum absolute atomic E-state index is 12.4. The molecular weight excluding hydrogens is 781 g/mol. The number of carbonyl (C=O) groups is 6. The first-order valence-corrected chi connectivity index (χ1v) is 19.1. The Bertz CT molecular complexity index is 2390. The van der Waals surface area contributed by atoms with Crippen LogP contribution in [-0.2, 0) is 35.2 Å². The van der Waals surface area contributed by atoms with Gasteiger partial charge in [0.1, 0.15) is 11.2 Å². The summed E-state index contributed by atoms with van der Waals surface area (Å²) in [6, 6.07) is 49.7. The number of amides is 4. The molecule has 308 valence electrons. The van der Waals surface area contributed by atoms with Gasteiger partial charge in [-0.2, -0.15) is 5.06 Å². The maximum atomic E-state index is 12.4. The third-order valence-corrected chi connectivity index (χ3v) is 10.1. The van der Waals surface area contributed by atoms with Crippen molar-refractivity contribution in [2.75, 3.05) is 0 Å². The Morgan fingerprint density at radius 1 is 0.426 bits per heavy atom. The molecule has 6 aromatic rings. The lowest BCUT2D eigenvalue weighted by Gasteiger charge is -2.30. The predicted molar refractivity (Wildman–Crippen MR) is 219 cm³/mol. The molecule has 4 amide bonds. The van der Waals surface area contributed by atoms with Gasteiger partial charge < -0.3 is 20.2 Å². The summed E-state index contributed by atoms with van der Waals surface area (Å²) in [7, 11) is 0. The number of hydrogen-bond donors (Lipinski definition) is 4. The van der Waals surface area contributed by atoms with Gasteiger partial charge in [0.15, 0.2) is 0 Å². The summed E-state index contributed by atoms with van der Waals surface area (Å²) in [5, 5.41) is 41.4. The van der Waals surface area contributed by atoms with Gasteiger partial charge >= 0.3 is 11.9 Å². The summed E-state index contributed by atoms with van der Waals surface area (Å²) >= 11 is 0. The summed E-state index contributed by atoms with van der Waals surface area (Å²) in [5.74, 6) is -3.88. The number of benzene rings is 6. The van der Waals surface area contributed by atoms with Crippen LogP contribution in [0.5, 0.6) is 0 Å². The average molecular weight is 821 g/mol. The van der Waals surface area contributed by atoms with E-state index in [1.54, 1.807) is 24.3 Å². The van der Waals surface area contributed by atoms with Gasteiger partial charge in [0.2, 0.25) is 0 Å². The summed E-state index contributed by atoms with van der Waals surface area (Å²) in [5.41, 5.74) is 1.60. The molecule has 0 bridgehead atoms. The van der Waals surface area contributed by atoms with Crippen molar-refractivity contribution in [1.82, 2.24) is 10.1 Å². The van der Waals surface area contributed by atoms with Gasteiger partial charge in [-0.1, -0.05) is 146 Å². The molecule has 0 aliphatic carbocycles. The molecule has 2 heterocycles. The van der Waals surface area contributed by atoms with Crippen LogP contribution in [0.2, 0.25) is 0 Å². The standard InChI is InChI=1S/C24H19NO5.C20H16O3.C4H5NO3/c26-21-15-16-22(27)25(21)30-23(28)17-11-13-20(14-12-17)24(29,18-7-3-1-4-8-18)19-9-5-2-6-10-19;21-19(22)15-11-13-18(14-12-15)20(23,16-7-3-1-4-8-16)17-9-5-2-6-10-17;6-3-1-2-4(7)5(3)8/h1-14,29H,15-16H2;1-14,23H,(H,21,22);8H,1-2H2. The Balaban J connectivity index is 0.000000177. The number of carboxylic acid groups (broad SMARTS) is 1. The molecular formula is C48H40N2O11. The van der Waals surface area contributed by atoms with E-state index in [2.05, 4.69) is 0 Å². The van der Waals surface area contributed by atoms with E-state index in [-0.39, 0.29) is 41.9 Å². The first-order valence-electron chi connectivity index (χ1n) is 19.1. The molecule has 2 fully saturated rings. The van der Waals surface area contributed by atoms with Gasteiger partial charge in [0.25, 0.3) is 23.6 Å². The second-order valence-electron chi connectivity index (χ2n) is 13.9. The molecule has 13 nitrogen and oxygen atoms in total. The molecule has 6 aromatic carbocycles. The number of hydroxylamine groups is 4. The van der Waals surface area contributed by atoms with Crippen molar-refractivity contribution in [2.45, 2.75) is 36.9 Å². The second-order valence-corrected chi connectivity index (χ2v) is 13.9. The van der Waals surface area contributed by atoms with Crippen LogP contribution in [0.25, 0.3) is 0 Å². The van der Waals surface area contributed by atoms with Crippen molar-refractivity contribution in [3.05, 3.63) is 214 Å². The molecule has 61 heavy (non-hydrogen) atoms. The number of aliphatic hydroxyl groups is 2. The lowest BCUT2D eigenvalue weighted by molar-refractivity contribution is -0.173. The molecule has 2 aliphatic rings. The van der Waals surface area contributed by atoms with Crippen molar-refractivity contribution >= 4 is 35.6 Å². The van der Waals surface area contributed by atoms with Crippen LogP contribution >= 0.6 is 0 Å². The van der Waals surface area contributed by atoms with Crippen LogP contribution in [0.4, 0.5) is 0 Å². The minimum Gasteiger partial charge on any atom is -0.478 e. The van der Waals surface area contributed by atoms with Crippen molar-refractivity contribution in [3.8, 4) is 0 Å². The van der Waals surface area contributed by atoms with Crippen LogP contribution in [0.15, 0.2) is 170 Å². The SMILES string of the molecule is O=C(O)c1ccc(C(O)(c2ccccc2)c2ccccc2)cc1.O=C(ON1C(=O)CCC1=O)c1ccc(C(O)(c2ccccc2)c2ccccc2)cc1.O=C1CCC(=O)N1O. The number of rotatable bonds is 9. The highest BCUT2D eigenvalue weighted by molar-refractivity contribution is 6.03. The van der Waals surface area contributed by atoms with Gasteiger partial charge in [0, 0.05) is 25.7 Å². The predicted octanol–water partition coefficient (Wildman–Crippen LogP) is 6.39. The minimum absolute atomic E-state index is 0.0340. The highest BCUT2D eigenvalue weighted by atomic mass is 16.7. The van der Waals surface area contributed by atoms with Crippen molar-refractivity contribution in [1.29, 1.82) is 0 Å². The summed E-state index contributed by atoms with van der Waals surface area (Å²) in [6.07, 6.45) is 0.364. The quantitative estimate of drug-likeness (QED) is 0.0717. The van der Waals surface area contributed by atoms with Crippen molar-refractivity contribution < 1.29 is 54.1 Å². The van der Waals surface area contributed by atoms with Gasteiger partial charge in [-0.3, -0.25) is 24.4 Å². The fourth-order valence-corrected chi connectivity index (χ4v) is 6.78. The third kappa shape index (κ3) is 9.50. The smallest absolute Gasteiger partial charge is 0.363 e. The Kier molecular flexibility index (Phi) is 13.4. The molecule has 0 spiro atoms. The van der Waals surface area contributed by atoms with E-state index in [9.17, 15) is 39.0 Å². The molecule has 0 radical (unpaired) electrons. The number of carbonyl (C=O) groups excluding carboxylic acids is 5. The van der Waals surface area contributed by atoms with E-state index in [1.165, 1.54) is 24.3 Å². The van der Waals surface area contributed by atoms with Gasteiger partial charge in [-0.15, -0.1) is 5.06 Å². The zero-order chi connectivity index (χ0) is 43.6. The Labute approximate surface area is 350 Å². The molecule has 13 heteroatoms. The summed E-state index contributed by atoms with van der Waals surface area (Å²) in [4.78, 5) is 72.1. The zero-order valence-electron chi connectivity index (χ0n) is 32.5. The summed E-state index contributed by atoms with van der Waals surface area (Å²) < 4.78 is 0. The van der Waals surface area contributed by atoms with E-state index in [1.807, 2.05) is 121 Å². The summed E-state index contributed by atoms with van der Waals surface area (Å²) in [6.45, 7) is 0. The topological polar surface area (TPSA) is 199 Å². The van der Waals surface area contributed by atoms with Crippen LogP contribution in [0.3, 0.4) is 0 Å². The molecule has 0 unspecified atom stereocenters. The van der Waals surface area contributed by atoms with E-state index in [4.69, 9.17) is 15.2 Å². The lowest BCUT2D eigenvalue weighted by Crippen LogP contribution is -2.32. The Morgan fingerprint density at radius 2 is 0.705 bits per heavy atom. The molecule has 2 aliphatic heterocycles. The van der Waals surface area contributed by atoms with Gasteiger partial charge in [-0.25, -0.2) is 9.59 Å². The molecule has 8 rings (SSSR count). The maximum Gasteiger partial charge on any atom is 0.363 e. The number of imide groups is 2. The normalized spacial score (nSPS) is 13.8. The van der Waals surface area contributed by atoms with Crippen LogP contribution in [0, 0.1) is 0 Å². The molecule has 0 saturated carbocycles. The van der Waals surface area contributed by atoms with E-state index < -0.39 is 46.8 Å². The van der Waals surface area contributed by atoms with Crippen LogP contribution in [0.1, 0.15) is 79.8 Å². The second kappa shape index (κ2) is 19.0. The molecule has 2 saturated heterocycles. The molecule has 4 N–H and O–H groups in total. The van der Waals surface area contributed by atoms with E-state index >= 15 is 0 Å². The Morgan fingerprint density at radius 3 is 0.984 bits per heavy atom. The first-order chi connectivity index (χ1) is 29.3. The third-order valence-electron chi connectivity index (χ3n) is 10.1. The monoisotopic (exact) mass is 820 g/mol. The van der Waals surface area contributed by atoms with Gasteiger partial charge in [-0.05, 0) is 57.6 Å². The average Bonchev–Trinajstić information content (AvgIpc) is 3.79. The molecule has 0 atom stereocenters. The number of carboxylic acids is 1.